The van der Waals surface area contributed by atoms with Crippen molar-refractivity contribution < 1.29 is 19.1 Å². The molecular formula is C30H23ClN2O5S. The summed E-state index contributed by atoms with van der Waals surface area (Å²) >= 11 is 7.12. The highest BCUT2D eigenvalue weighted by Gasteiger charge is 2.33. The first-order valence-electron chi connectivity index (χ1n) is 12.2. The van der Waals surface area contributed by atoms with E-state index >= 15 is 0 Å². The number of hydrogen-bond donors (Lipinski definition) is 0. The molecule has 5 rings (SSSR count). The van der Waals surface area contributed by atoms with Crippen LogP contribution in [0.1, 0.15) is 41.4 Å². The van der Waals surface area contributed by atoms with Crippen LogP contribution >= 0.6 is 22.9 Å². The van der Waals surface area contributed by atoms with Gasteiger partial charge in [-0.1, -0.05) is 65.4 Å². The van der Waals surface area contributed by atoms with Gasteiger partial charge in [0.05, 0.1) is 34.0 Å². The number of esters is 2. The molecule has 0 aliphatic carbocycles. The number of thiazole rings is 1. The van der Waals surface area contributed by atoms with Crippen LogP contribution in [0.5, 0.6) is 5.75 Å². The van der Waals surface area contributed by atoms with Crippen LogP contribution in [-0.2, 0) is 9.53 Å². The number of carbonyl (C=O) groups is 2. The maximum atomic E-state index is 13.7. The Morgan fingerprint density at radius 2 is 1.69 bits per heavy atom. The molecule has 3 aromatic carbocycles. The molecule has 0 fully saturated rings. The monoisotopic (exact) mass is 558 g/mol. The van der Waals surface area contributed by atoms with E-state index in [1.54, 1.807) is 73.0 Å². The molecule has 1 aliphatic rings. The number of hydrogen-bond acceptors (Lipinski definition) is 7. The van der Waals surface area contributed by atoms with E-state index in [0.29, 0.717) is 36.9 Å². The first-order valence-corrected chi connectivity index (χ1v) is 13.4. The van der Waals surface area contributed by atoms with Crippen molar-refractivity contribution in [3.63, 3.8) is 0 Å². The Morgan fingerprint density at radius 1 is 1.00 bits per heavy atom. The van der Waals surface area contributed by atoms with Gasteiger partial charge >= 0.3 is 11.9 Å². The summed E-state index contributed by atoms with van der Waals surface area (Å²) in [5.74, 6) is -0.626. The number of aromatic nitrogens is 1. The van der Waals surface area contributed by atoms with Crippen molar-refractivity contribution in [1.82, 2.24) is 4.57 Å². The Balaban J connectivity index is 1.49. The predicted octanol–water partition coefficient (Wildman–Crippen LogP) is 4.67. The van der Waals surface area contributed by atoms with Gasteiger partial charge in [-0.2, -0.15) is 0 Å². The van der Waals surface area contributed by atoms with Crippen LogP contribution in [0.25, 0.3) is 6.08 Å². The van der Waals surface area contributed by atoms with Gasteiger partial charge in [0.15, 0.2) is 4.80 Å². The molecule has 0 amide bonds. The van der Waals surface area contributed by atoms with E-state index in [1.807, 2.05) is 30.3 Å². The van der Waals surface area contributed by atoms with Gasteiger partial charge in [0, 0.05) is 5.02 Å². The molecule has 0 saturated heterocycles. The van der Waals surface area contributed by atoms with E-state index in [1.165, 1.54) is 11.3 Å². The normalized spacial score (nSPS) is 14.9. The van der Waals surface area contributed by atoms with E-state index in [4.69, 9.17) is 21.1 Å². The topological polar surface area (TPSA) is 87.0 Å². The zero-order valence-corrected chi connectivity index (χ0v) is 22.7. The third-order valence-electron chi connectivity index (χ3n) is 6.10. The molecule has 0 radical (unpaired) electrons. The van der Waals surface area contributed by atoms with Gasteiger partial charge < -0.3 is 9.47 Å². The van der Waals surface area contributed by atoms with E-state index in [-0.39, 0.29) is 12.2 Å². The van der Waals surface area contributed by atoms with Crippen molar-refractivity contribution in [2.75, 3.05) is 6.61 Å². The highest BCUT2D eigenvalue weighted by Crippen LogP contribution is 2.30. The molecule has 0 unspecified atom stereocenters. The van der Waals surface area contributed by atoms with E-state index < -0.39 is 18.0 Å². The molecule has 0 spiro atoms. The zero-order chi connectivity index (χ0) is 27.5. The van der Waals surface area contributed by atoms with Gasteiger partial charge in [-0.25, -0.2) is 14.6 Å². The second-order valence-electron chi connectivity index (χ2n) is 8.68. The summed E-state index contributed by atoms with van der Waals surface area (Å²) in [5, 5.41) is 0.531. The summed E-state index contributed by atoms with van der Waals surface area (Å²) in [6.45, 7) is 3.71. The molecule has 196 valence electrons. The van der Waals surface area contributed by atoms with Crippen LogP contribution in [-0.4, -0.2) is 23.1 Å². The standard InChI is InChI=1S/C30H23ClN2O5S/c1-3-37-29(36)25-18(2)32-30-33(26(25)20-7-5-4-6-8-20)27(34)24(39-30)17-19-9-15-23(16-10-19)38-28(35)21-11-13-22(31)14-12-21/h4-17,26H,3H2,1-2H3/t26-/m1/s1. The quantitative estimate of drug-likeness (QED) is 0.253. The lowest BCUT2D eigenvalue weighted by molar-refractivity contribution is -0.139. The van der Waals surface area contributed by atoms with Crippen LogP contribution < -0.4 is 19.6 Å². The van der Waals surface area contributed by atoms with Crippen molar-refractivity contribution in [3.8, 4) is 5.75 Å². The molecular weight excluding hydrogens is 536 g/mol. The molecule has 1 aliphatic heterocycles. The van der Waals surface area contributed by atoms with Crippen molar-refractivity contribution in [3.05, 3.63) is 132 Å². The second-order valence-corrected chi connectivity index (χ2v) is 10.1. The SMILES string of the molecule is CCOC(=O)C1=C(C)N=c2sc(=Cc3ccc(OC(=O)c4ccc(Cl)cc4)cc3)c(=O)n2[C@@H]1c1ccccc1. The van der Waals surface area contributed by atoms with Crippen LogP contribution in [0.3, 0.4) is 0 Å². The molecule has 0 bridgehead atoms. The molecule has 1 atom stereocenters. The number of halogens is 1. The number of ether oxygens (including phenoxy) is 2. The minimum absolute atomic E-state index is 0.215. The van der Waals surface area contributed by atoms with Crippen LogP contribution in [0, 0.1) is 0 Å². The van der Waals surface area contributed by atoms with Crippen LogP contribution in [0.15, 0.2) is 99.9 Å². The summed E-state index contributed by atoms with van der Waals surface area (Å²) in [6.07, 6.45) is 1.75. The van der Waals surface area contributed by atoms with Gasteiger partial charge in [0.25, 0.3) is 5.56 Å². The lowest BCUT2D eigenvalue weighted by atomic mass is 9.96. The van der Waals surface area contributed by atoms with Gasteiger partial charge in [0.1, 0.15) is 5.75 Å². The average Bonchev–Trinajstić information content (AvgIpc) is 3.23. The minimum Gasteiger partial charge on any atom is -0.463 e. The Hall–Kier alpha value is -4.27. The van der Waals surface area contributed by atoms with E-state index in [2.05, 4.69) is 4.99 Å². The molecule has 4 aromatic rings. The Kier molecular flexibility index (Phi) is 7.58. The maximum absolute atomic E-state index is 13.7. The zero-order valence-electron chi connectivity index (χ0n) is 21.1. The highest BCUT2D eigenvalue weighted by atomic mass is 35.5. The van der Waals surface area contributed by atoms with Gasteiger partial charge in [0.2, 0.25) is 0 Å². The molecule has 0 saturated carbocycles. The van der Waals surface area contributed by atoms with E-state index in [9.17, 15) is 14.4 Å². The summed E-state index contributed by atoms with van der Waals surface area (Å²) in [5.41, 5.74) is 2.50. The molecule has 1 aromatic heterocycles. The molecule has 2 heterocycles. The van der Waals surface area contributed by atoms with Crippen molar-refractivity contribution in [2.24, 2.45) is 4.99 Å². The summed E-state index contributed by atoms with van der Waals surface area (Å²) in [4.78, 5) is 44.0. The fourth-order valence-electron chi connectivity index (χ4n) is 4.28. The van der Waals surface area contributed by atoms with Gasteiger partial charge in [-0.3, -0.25) is 9.36 Å². The summed E-state index contributed by atoms with van der Waals surface area (Å²) < 4.78 is 12.8. The molecule has 0 N–H and O–H groups in total. The third kappa shape index (κ3) is 5.48. The lowest BCUT2D eigenvalue weighted by Gasteiger charge is -2.24. The number of nitrogens with zero attached hydrogens (tertiary/aromatic N) is 2. The number of fused-ring (bicyclic) bond motifs is 1. The maximum Gasteiger partial charge on any atom is 0.343 e. The predicted molar refractivity (Wildman–Crippen MR) is 150 cm³/mol. The Bertz CT molecular complexity index is 1760. The molecule has 39 heavy (non-hydrogen) atoms. The Labute approximate surface area is 232 Å². The van der Waals surface area contributed by atoms with Crippen LogP contribution in [0.4, 0.5) is 0 Å². The van der Waals surface area contributed by atoms with Crippen molar-refractivity contribution >= 4 is 41.0 Å². The fraction of sp³-hybridized carbons (Fsp3) is 0.133. The number of benzene rings is 3. The minimum atomic E-state index is -0.654. The second kappa shape index (κ2) is 11.2. The summed E-state index contributed by atoms with van der Waals surface area (Å²) in [7, 11) is 0. The number of rotatable bonds is 6. The van der Waals surface area contributed by atoms with Crippen LogP contribution in [0.2, 0.25) is 5.02 Å². The summed E-state index contributed by atoms with van der Waals surface area (Å²) in [6, 6.07) is 22.0. The van der Waals surface area contributed by atoms with Crippen molar-refractivity contribution in [1.29, 1.82) is 0 Å². The lowest BCUT2D eigenvalue weighted by Crippen LogP contribution is -2.39. The highest BCUT2D eigenvalue weighted by molar-refractivity contribution is 7.07. The molecule has 7 nitrogen and oxygen atoms in total. The van der Waals surface area contributed by atoms with E-state index in [0.717, 1.165) is 11.1 Å². The third-order valence-corrected chi connectivity index (χ3v) is 7.34. The first-order chi connectivity index (χ1) is 18.9. The largest absolute Gasteiger partial charge is 0.463 e. The number of allylic oxidation sites excluding steroid dienone is 1. The molecule has 9 heteroatoms. The van der Waals surface area contributed by atoms with Gasteiger partial charge in [-0.05, 0) is 67.4 Å². The number of carbonyl (C=O) groups excluding carboxylic acids is 2. The fourth-order valence-corrected chi connectivity index (χ4v) is 5.45. The Morgan fingerprint density at radius 3 is 2.36 bits per heavy atom. The average molecular weight is 559 g/mol. The first kappa shape index (κ1) is 26.3. The smallest absolute Gasteiger partial charge is 0.343 e. The van der Waals surface area contributed by atoms with Gasteiger partial charge in [-0.15, -0.1) is 0 Å². The van der Waals surface area contributed by atoms with Crippen molar-refractivity contribution in [2.45, 2.75) is 19.9 Å².